The minimum Gasteiger partial charge on any atom is -0.388 e. The van der Waals surface area contributed by atoms with E-state index in [1.807, 2.05) is 24.3 Å². The largest absolute Gasteiger partial charge is 0.388 e. The summed E-state index contributed by atoms with van der Waals surface area (Å²) in [6, 6.07) is 12.2. The highest BCUT2D eigenvalue weighted by Crippen LogP contribution is 2.29. The normalized spacial score (nSPS) is 18.7. The fourth-order valence-corrected chi connectivity index (χ4v) is 3.78. The van der Waals surface area contributed by atoms with Gasteiger partial charge < -0.3 is 9.84 Å². The summed E-state index contributed by atoms with van der Waals surface area (Å²) < 4.78 is 6.76. The van der Waals surface area contributed by atoms with Gasteiger partial charge in [0.05, 0.1) is 42.4 Å². The molecule has 0 amide bonds. The van der Waals surface area contributed by atoms with Crippen molar-refractivity contribution in [1.29, 1.82) is 0 Å². The fraction of sp³-hybridized carbons (Fsp3) is 0.182. The lowest BCUT2D eigenvalue weighted by atomic mass is 10.1. The number of aromatic nitrogens is 4. The molecule has 150 valence electrons. The number of ether oxygens (including phenoxy) is 1. The van der Waals surface area contributed by atoms with E-state index in [1.165, 1.54) is 10.9 Å². The summed E-state index contributed by atoms with van der Waals surface area (Å²) in [5, 5.41) is 11.2. The number of nitrogens with zero attached hydrogens (tertiary/aromatic N) is 4. The zero-order chi connectivity index (χ0) is 20.7. The minimum atomic E-state index is -0.752. The van der Waals surface area contributed by atoms with Crippen LogP contribution in [0.4, 0.5) is 0 Å². The van der Waals surface area contributed by atoms with Crippen LogP contribution in [0.1, 0.15) is 6.04 Å². The molecule has 1 aliphatic rings. The molecule has 3 aromatic heterocycles. The van der Waals surface area contributed by atoms with Crippen LogP contribution in [0.2, 0.25) is 5.02 Å². The van der Waals surface area contributed by atoms with Crippen LogP contribution in [0, 0.1) is 0 Å². The molecule has 7 nitrogen and oxygen atoms in total. The molecule has 1 aromatic carbocycles. The molecule has 5 rings (SSSR count). The van der Waals surface area contributed by atoms with Crippen LogP contribution in [0.3, 0.4) is 0 Å². The number of halogens is 1. The molecule has 0 spiro atoms. The molecule has 4 heterocycles. The third-order valence-corrected chi connectivity index (χ3v) is 5.47. The van der Waals surface area contributed by atoms with Gasteiger partial charge in [0.1, 0.15) is 11.6 Å². The molecular weight excluding hydrogens is 404 g/mol. The number of fused-ring (bicyclic) bond motifs is 1. The maximum atomic E-state index is 13.4. The quantitative estimate of drug-likeness (QED) is 0.547. The van der Waals surface area contributed by atoms with Gasteiger partial charge in [-0.25, -0.2) is 9.97 Å². The Hall–Kier alpha value is -3.13. The van der Waals surface area contributed by atoms with Crippen molar-refractivity contribution in [3.05, 3.63) is 76.6 Å². The van der Waals surface area contributed by atoms with Crippen LogP contribution in [0.25, 0.3) is 33.4 Å². The maximum Gasteiger partial charge on any atom is 0.261 e. The minimum absolute atomic E-state index is 0.197. The van der Waals surface area contributed by atoms with Gasteiger partial charge in [-0.15, -0.1) is 0 Å². The zero-order valence-corrected chi connectivity index (χ0v) is 16.5. The Labute approximate surface area is 176 Å². The van der Waals surface area contributed by atoms with E-state index >= 15 is 0 Å². The Balaban J connectivity index is 1.78. The molecule has 1 N–H and O–H groups in total. The van der Waals surface area contributed by atoms with Crippen LogP contribution < -0.4 is 5.56 Å². The smallest absolute Gasteiger partial charge is 0.261 e. The van der Waals surface area contributed by atoms with E-state index < -0.39 is 12.1 Å². The molecule has 0 saturated carbocycles. The van der Waals surface area contributed by atoms with Crippen molar-refractivity contribution in [1.82, 2.24) is 19.5 Å². The Bertz CT molecular complexity index is 1280. The lowest BCUT2D eigenvalue weighted by molar-refractivity contribution is 0.119. The average Bonchev–Trinajstić information content (AvgIpc) is 3.20. The van der Waals surface area contributed by atoms with Gasteiger partial charge >= 0.3 is 0 Å². The Morgan fingerprint density at radius 2 is 1.97 bits per heavy atom. The van der Waals surface area contributed by atoms with Gasteiger partial charge in [-0.2, -0.15) is 0 Å². The number of rotatable bonds is 3. The van der Waals surface area contributed by atoms with Crippen LogP contribution in [-0.4, -0.2) is 43.9 Å². The molecule has 1 saturated heterocycles. The molecule has 4 aromatic rings. The molecule has 30 heavy (non-hydrogen) atoms. The van der Waals surface area contributed by atoms with Gasteiger partial charge in [0.2, 0.25) is 0 Å². The summed E-state index contributed by atoms with van der Waals surface area (Å²) in [5.41, 5.74) is 3.00. The summed E-state index contributed by atoms with van der Waals surface area (Å²) >= 11 is 6.03. The first-order chi connectivity index (χ1) is 14.6. The van der Waals surface area contributed by atoms with E-state index in [0.717, 1.165) is 11.1 Å². The summed E-state index contributed by atoms with van der Waals surface area (Å²) in [6.07, 6.45) is 4.07. The van der Waals surface area contributed by atoms with Crippen molar-refractivity contribution in [2.45, 2.75) is 12.1 Å². The Kier molecular flexibility index (Phi) is 4.78. The van der Waals surface area contributed by atoms with Crippen molar-refractivity contribution in [3.8, 4) is 22.5 Å². The highest BCUT2D eigenvalue weighted by Gasteiger charge is 2.29. The van der Waals surface area contributed by atoms with Gasteiger partial charge in [0.25, 0.3) is 5.56 Å². The Morgan fingerprint density at radius 3 is 2.67 bits per heavy atom. The van der Waals surface area contributed by atoms with Crippen LogP contribution in [0.5, 0.6) is 0 Å². The van der Waals surface area contributed by atoms with E-state index in [9.17, 15) is 9.90 Å². The monoisotopic (exact) mass is 420 g/mol. The third-order valence-electron chi connectivity index (χ3n) is 5.22. The average molecular weight is 421 g/mol. The molecule has 1 fully saturated rings. The second-order valence-corrected chi connectivity index (χ2v) is 7.57. The Morgan fingerprint density at radius 1 is 1.13 bits per heavy atom. The van der Waals surface area contributed by atoms with Crippen molar-refractivity contribution in [2.24, 2.45) is 0 Å². The first kappa shape index (κ1) is 18.9. The molecule has 0 aliphatic carbocycles. The SMILES string of the molecule is O=c1c2cc(-c3ccc(Cl)cc3)nc(-c3cccnc3)c2ncn1C1COC[C@@H]1O. The van der Waals surface area contributed by atoms with E-state index in [1.54, 1.807) is 30.6 Å². The van der Waals surface area contributed by atoms with Gasteiger partial charge in [-0.05, 0) is 30.3 Å². The number of benzene rings is 1. The molecule has 1 unspecified atom stereocenters. The topological polar surface area (TPSA) is 90.1 Å². The molecule has 8 heteroatoms. The number of hydrogen-bond acceptors (Lipinski definition) is 6. The van der Waals surface area contributed by atoms with Gasteiger partial charge in [-0.1, -0.05) is 23.7 Å². The van der Waals surface area contributed by atoms with Crippen molar-refractivity contribution in [2.75, 3.05) is 13.2 Å². The summed E-state index contributed by atoms with van der Waals surface area (Å²) in [7, 11) is 0. The van der Waals surface area contributed by atoms with Gasteiger partial charge in [0.15, 0.2) is 0 Å². The molecule has 0 bridgehead atoms. The number of hydrogen-bond donors (Lipinski definition) is 1. The second kappa shape index (κ2) is 7.60. The van der Waals surface area contributed by atoms with Gasteiger partial charge in [0, 0.05) is 28.5 Å². The lowest BCUT2D eigenvalue weighted by Gasteiger charge is -2.17. The lowest BCUT2D eigenvalue weighted by Crippen LogP contribution is -2.32. The van der Waals surface area contributed by atoms with Crippen LogP contribution in [0.15, 0.2) is 66.0 Å². The van der Waals surface area contributed by atoms with E-state index in [2.05, 4.69) is 9.97 Å². The van der Waals surface area contributed by atoms with E-state index in [4.69, 9.17) is 21.3 Å². The summed E-state index contributed by atoms with van der Waals surface area (Å²) in [6.45, 7) is 0.460. The van der Waals surface area contributed by atoms with Crippen LogP contribution in [-0.2, 0) is 4.74 Å². The first-order valence-electron chi connectivity index (χ1n) is 9.46. The fourth-order valence-electron chi connectivity index (χ4n) is 3.65. The first-order valence-corrected chi connectivity index (χ1v) is 9.83. The molecule has 2 atom stereocenters. The van der Waals surface area contributed by atoms with Crippen molar-refractivity contribution < 1.29 is 9.84 Å². The van der Waals surface area contributed by atoms with Gasteiger partial charge in [-0.3, -0.25) is 14.3 Å². The van der Waals surface area contributed by atoms with Crippen LogP contribution >= 0.6 is 11.6 Å². The highest BCUT2D eigenvalue weighted by molar-refractivity contribution is 6.30. The number of aliphatic hydroxyl groups is 1. The maximum absolute atomic E-state index is 13.4. The van der Waals surface area contributed by atoms with E-state index in [0.29, 0.717) is 27.3 Å². The van der Waals surface area contributed by atoms with Crippen molar-refractivity contribution >= 4 is 22.5 Å². The second-order valence-electron chi connectivity index (χ2n) is 7.13. The highest BCUT2D eigenvalue weighted by atomic mass is 35.5. The van der Waals surface area contributed by atoms with E-state index in [-0.39, 0.29) is 18.8 Å². The number of pyridine rings is 2. The summed E-state index contributed by atoms with van der Waals surface area (Å²) in [4.78, 5) is 26.9. The standard InChI is InChI=1S/C22H17ClN4O3/c23-15-5-3-13(4-6-15)17-8-16-21(20(26-17)14-2-1-7-24-9-14)25-12-27(22(16)29)18-10-30-11-19(18)28/h1-9,12,18-19,28H,10-11H2/t18?,19-/m0/s1. The zero-order valence-electron chi connectivity index (χ0n) is 15.8. The number of aliphatic hydroxyl groups excluding tert-OH is 1. The molecule has 0 radical (unpaired) electrons. The predicted molar refractivity (Wildman–Crippen MR) is 113 cm³/mol. The molecular formula is C22H17ClN4O3. The predicted octanol–water partition coefficient (Wildman–Crippen LogP) is 3.11. The molecule has 1 aliphatic heterocycles. The third kappa shape index (κ3) is 3.27. The van der Waals surface area contributed by atoms with Crippen molar-refractivity contribution in [3.63, 3.8) is 0 Å². The summed E-state index contributed by atoms with van der Waals surface area (Å²) in [5.74, 6) is 0.